The summed E-state index contributed by atoms with van der Waals surface area (Å²) >= 11 is 0. The molecule has 0 radical (unpaired) electrons. The van der Waals surface area contributed by atoms with Crippen LogP contribution in [0.15, 0.2) is 36.8 Å². The summed E-state index contributed by atoms with van der Waals surface area (Å²) in [6.07, 6.45) is 7.49. The van der Waals surface area contributed by atoms with Crippen LogP contribution in [0.2, 0.25) is 0 Å². The number of imidazole rings is 1. The number of aromatic nitrogens is 3. The first-order chi connectivity index (χ1) is 9.72. The fourth-order valence-corrected chi connectivity index (χ4v) is 2.68. The highest BCUT2D eigenvalue weighted by Crippen LogP contribution is 2.44. The van der Waals surface area contributed by atoms with Gasteiger partial charge in [-0.2, -0.15) is 0 Å². The second-order valence-corrected chi connectivity index (χ2v) is 5.45. The standard InChI is InChI=1S/C16H14FN3/c1-10-6-12(8-18-7-10)15-16(11-2-3-11)20-9-13(17)4-5-14(20)19-15/h4-9,11H,2-3H2,1H3. The van der Waals surface area contributed by atoms with Gasteiger partial charge in [0.25, 0.3) is 0 Å². The molecule has 3 aromatic rings. The smallest absolute Gasteiger partial charge is 0.139 e. The average Bonchev–Trinajstić information content (AvgIpc) is 3.19. The Bertz CT molecular complexity index is 803. The Labute approximate surface area is 116 Å². The van der Waals surface area contributed by atoms with Crippen LogP contribution in [-0.2, 0) is 0 Å². The zero-order valence-electron chi connectivity index (χ0n) is 11.2. The summed E-state index contributed by atoms with van der Waals surface area (Å²) in [5, 5.41) is 0. The molecule has 0 saturated heterocycles. The molecular weight excluding hydrogens is 253 g/mol. The summed E-state index contributed by atoms with van der Waals surface area (Å²) in [6.45, 7) is 2.02. The predicted octanol–water partition coefficient (Wildman–Crippen LogP) is 3.72. The SMILES string of the molecule is Cc1cncc(-c2nc3ccc(F)cn3c2C2CC2)c1. The van der Waals surface area contributed by atoms with Crippen LogP contribution in [0.3, 0.4) is 0 Å². The lowest BCUT2D eigenvalue weighted by Crippen LogP contribution is -1.94. The summed E-state index contributed by atoms with van der Waals surface area (Å²) < 4.78 is 15.4. The van der Waals surface area contributed by atoms with Crippen molar-refractivity contribution in [1.29, 1.82) is 0 Å². The Kier molecular flexibility index (Phi) is 2.39. The van der Waals surface area contributed by atoms with Crippen molar-refractivity contribution in [3.63, 3.8) is 0 Å². The summed E-state index contributed by atoms with van der Waals surface area (Å²) in [7, 11) is 0. The number of rotatable bonds is 2. The van der Waals surface area contributed by atoms with Gasteiger partial charge in [-0.05, 0) is 43.5 Å². The molecule has 1 aliphatic carbocycles. The summed E-state index contributed by atoms with van der Waals surface area (Å²) in [5.41, 5.74) is 4.97. The molecule has 0 amide bonds. The maximum Gasteiger partial charge on any atom is 0.139 e. The van der Waals surface area contributed by atoms with Crippen LogP contribution >= 0.6 is 0 Å². The van der Waals surface area contributed by atoms with Crippen LogP contribution in [0.1, 0.15) is 30.0 Å². The molecule has 3 heterocycles. The molecule has 0 aromatic carbocycles. The molecule has 20 heavy (non-hydrogen) atoms. The second-order valence-electron chi connectivity index (χ2n) is 5.45. The van der Waals surface area contributed by atoms with Crippen LogP contribution in [0.25, 0.3) is 16.9 Å². The molecule has 0 bridgehead atoms. The van der Waals surface area contributed by atoms with Gasteiger partial charge in [-0.15, -0.1) is 0 Å². The lowest BCUT2D eigenvalue weighted by Gasteiger charge is -2.04. The lowest BCUT2D eigenvalue weighted by molar-refractivity contribution is 0.618. The van der Waals surface area contributed by atoms with E-state index in [2.05, 4.69) is 16.0 Å². The molecule has 1 fully saturated rings. The van der Waals surface area contributed by atoms with E-state index < -0.39 is 0 Å². The van der Waals surface area contributed by atoms with Crippen molar-refractivity contribution in [1.82, 2.24) is 14.4 Å². The monoisotopic (exact) mass is 267 g/mol. The summed E-state index contributed by atoms with van der Waals surface area (Å²) in [4.78, 5) is 8.93. The highest BCUT2D eigenvalue weighted by molar-refractivity contribution is 5.67. The maximum atomic E-state index is 13.5. The van der Waals surface area contributed by atoms with Crippen molar-refractivity contribution < 1.29 is 4.39 Å². The van der Waals surface area contributed by atoms with E-state index in [1.807, 2.05) is 23.7 Å². The lowest BCUT2D eigenvalue weighted by atomic mass is 10.1. The molecular formula is C16H14FN3. The average molecular weight is 267 g/mol. The van der Waals surface area contributed by atoms with Crippen LogP contribution in [0.5, 0.6) is 0 Å². The zero-order chi connectivity index (χ0) is 13.7. The minimum absolute atomic E-state index is 0.231. The van der Waals surface area contributed by atoms with Crippen molar-refractivity contribution in [3.05, 3.63) is 53.9 Å². The number of hydrogen-bond donors (Lipinski definition) is 0. The fraction of sp³-hybridized carbons (Fsp3) is 0.250. The third-order valence-electron chi connectivity index (χ3n) is 3.73. The van der Waals surface area contributed by atoms with E-state index in [0.717, 1.165) is 41.0 Å². The number of pyridine rings is 2. The summed E-state index contributed by atoms with van der Waals surface area (Å²) in [5.74, 6) is 0.257. The first-order valence-corrected chi connectivity index (χ1v) is 6.82. The van der Waals surface area contributed by atoms with Gasteiger partial charge < -0.3 is 4.40 Å². The van der Waals surface area contributed by atoms with Crippen molar-refractivity contribution in [2.75, 3.05) is 0 Å². The van der Waals surface area contributed by atoms with Crippen LogP contribution in [0, 0.1) is 12.7 Å². The van der Waals surface area contributed by atoms with E-state index in [0.29, 0.717) is 5.92 Å². The van der Waals surface area contributed by atoms with Crippen molar-refractivity contribution in [3.8, 4) is 11.3 Å². The van der Waals surface area contributed by atoms with E-state index >= 15 is 0 Å². The number of halogens is 1. The Hall–Kier alpha value is -2.23. The molecule has 100 valence electrons. The molecule has 0 unspecified atom stereocenters. The molecule has 0 spiro atoms. The van der Waals surface area contributed by atoms with E-state index in [1.54, 1.807) is 6.07 Å². The van der Waals surface area contributed by atoms with Gasteiger partial charge in [-0.3, -0.25) is 4.98 Å². The van der Waals surface area contributed by atoms with Crippen molar-refractivity contribution in [2.24, 2.45) is 0 Å². The molecule has 4 heteroatoms. The van der Waals surface area contributed by atoms with Crippen molar-refractivity contribution >= 4 is 5.65 Å². The molecule has 4 rings (SSSR count). The first-order valence-electron chi connectivity index (χ1n) is 6.82. The molecule has 1 saturated carbocycles. The van der Waals surface area contributed by atoms with E-state index in [-0.39, 0.29) is 5.82 Å². The Morgan fingerprint density at radius 2 is 2.10 bits per heavy atom. The molecule has 0 N–H and O–H groups in total. The summed E-state index contributed by atoms with van der Waals surface area (Å²) in [6, 6.07) is 5.27. The molecule has 3 nitrogen and oxygen atoms in total. The Balaban J connectivity index is 2.01. The van der Waals surface area contributed by atoms with Gasteiger partial charge in [0, 0.05) is 30.1 Å². The van der Waals surface area contributed by atoms with Gasteiger partial charge in [0.1, 0.15) is 11.5 Å². The van der Waals surface area contributed by atoms with Gasteiger partial charge in [0.05, 0.1) is 11.4 Å². The third kappa shape index (κ3) is 1.80. The molecule has 0 atom stereocenters. The Morgan fingerprint density at radius 1 is 1.25 bits per heavy atom. The zero-order valence-corrected chi connectivity index (χ0v) is 11.2. The van der Waals surface area contributed by atoms with E-state index in [4.69, 9.17) is 0 Å². The van der Waals surface area contributed by atoms with Gasteiger partial charge >= 0.3 is 0 Å². The number of hydrogen-bond acceptors (Lipinski definition) is 2. The highest BCUT2D eigenvalue weighted by atomic mass is 19.1. The number of fused-ring (bicyclic) bond motifs is 1. The molecule has 0 aliphatic heterocycles. The largest absolute Gasteiger partial charge is 0.300 e. The predicted molar refractivity (Wildman–Crippen MR) is 75.1 cm³/mol. The second kappa shape index (κ2) is 4.13. The van der Waals surface area contributed by atoms with Crippen LogP contribution in [0.4, 0.5) is 4.39 Å². The van der Waals surface area contributed by atoms with Gasteiger partial charge in [-0.25, -0.2) is 9.37 Å². The maximum absolute atomic E-state index is 13.5. The Morgan fingerprint density at radius 3 is 2.85 bits per heavy atom. The van der Waals surface area contributed by atoms with Gasteiger partial charge in [0.15, 0.2) is 0 Å². The number of aryl methyl sites for hydroxylation is 1. The third-order valence-corrected chi connectivity index (χ3v) is 3.73. The van der Waals surface area contributed by atoms with Gasteiger partial charge in [-0.1, -0.05) is 0 Å². The van der Waals surface area contributed by atoms with E-state index in [1.165, 1.54) is 12.3 Å². The van der Waals surface area contributed by atoms with Gasteiger partial charge in [0.2, 0.25) is 0 Å². The minimum atomic E-state index is -0.231. The highest BCUT2D eigenvalue weighted by Gasteiger charge is 2.31. The number of nitrogens with zero attached hydrogens (tertiary/aromatic N) is 3. The first kappa shape index (κ1) is 11.6. The van der Waals surface area contributed by atoms with E-state index in [9.17, 15) is 4.39 Å². The molecule has 1 aliphatic rings. The topological polar surface area (TPSA) is 30.2 Å². The van der Waals surface area contributed by atoms with Crippen LogP contribution < -0.4 is 0 Å². The minimum Gasteiger partial charge on any atom is -0.300 e. The quantitative estimate of drug-likeness (QED) is 0.708. The van der Waals surface area contributed by atoms with Crippen LogP contribution in [-0.4, -0.2) is 14.4 Å². The normalized spacial score (nSPS) is 14.9. The fourth-order valence-electron chi connectivity index (χ4n) is 2.68. The van der Waals surface area contributed by atoms with Crippen molar-refractivity contribution in [2.45, 2.75) is 25.7 Å². The molecule has 3 aromatic heterocycles.